The second kappa shape index (κ2) is 6.43. The molecule has 0 radical (unpaired) electrons. The largest absolute Gasteiger partial charge is 0.312 e. The van der Waals surface area contributed by atoms with E-state index in [4.69, 9.17) is 0 Å². The van der Waals surface area contributed by atoms with Gasteiger partial charge in [-0.1, -0.05) is 37.6 Å². The standard InChI is InChI=1S/C16H21N3/c1-12(2)8-17-9-14-10-18-16(19-11-14)15-6-4-5-13(3)7-15/h4-7,10-12,17H,8-9H2,1-3H3. The quantitative estimate of drug-likeness (QED) is 0.891. The molecule has 1 N–H and O–H groups in total. The van der Waals surface area contributed by atoms with Crippen molar-refractivity contribution in [3.05, 3.63) is 47.8 Å². The third-order valence-electron chi connectivity index (χ3n) is 2.86. The number of aromatic nitrogens is 2. The summed E-state index contributed by atoms with van der Waals surface area (Å²) < 4.78 is 0. The number of nitrogens with zero attached hydrogens (tertiary/aromatic N) is 2. The first-order valence-corrected chi connectivity index (χ1v) is 6.74. The minimum absolute atomic E-state index is 0.660. The number of hydrogen-bond donors (Lipinski definition) is 1. The van der Waals surface area contributed by atoms with Crippen LogP contribution in [0.3, 0.4) is 0 Å². The van der Waals surface area contributed by atoms with Crippen LogP contribution in [0.4, 0.5) is 0 Å². The van der Waals surface area contributed by atoms with Crippen LogP contribution in [0.5, 0.6) is 0 Å². The highest BCUT2D eigenvalue weighted by Gasteiger charge is 2.02. The van der Waals surface area contributed by atoms with Gasteiger partial charge in [0.1, 0.15) is 0 Å². The molecule has 2 rings (SSSR count). The fraction of sp³-hybridized carbons (Fsp3) is 0.375. The van der Waals surface area contributed by atoms with Crippen LogP contribution < -0.4 is 5.32 Å². The Bertz CT molecular complexity index is 518. The lowest BCUT2D eigenvalue weighted by Crippen LogP contribution is -2.19. The molecule has 0 atom stereocenters. The molecule has 0 amide bonds. The molecule has 3 heteroatoms. The molecule has 0 aliphatic carbocycles. The molecule has 0 bridgehead atoms. The molecule has 100 valence electrons. The van der Waals surface area contributed by atoms with Gasteiger partial charge in [0.05, 0.1) is 0 Å². The van der Waals surface area contributed by atoms with E-state index in [0.29, 0.717) is 5.92 Å². The van der Waals surface area contributed by atoms with Gasteiger partial charge < -0.3 is 5.32 Å². The maximum Gasteiger partial charge on any atom is 0.159 e. The molecule has 0 aliphatic heterocycles. The molecular weight excluding hydrogens is 234 g/mol. The Kier molecular flexibility index (Phi) is 4.63. The van der Waals surface area contributed by atoms with Gasteiger partial charge in [-0.05, 0) is 25.5 Å². The van der Waals surface area contributed by atoms with Gasteiger partial charge in [0, 0.05) is 30.1 Å². The Morgan fingerprint density at radius 2 is 1.89 bits per heavy atom. The summed E-state index contributed by atoms with van der Waals surface area (Å²) in [6, 6.07) is 8.25. The van der Waals surface area contributed by atoms with Crippen LogP contribution in [0.15, 0.2) is 36.7 Å². The van der Waals surface area contributed by atoms with Crippen molar-refractivity contribution in [1.29, 1.82) is 0 Å². The fourth-order valence-electron chi connectivity index (χ4n) is 1.88. The maximum absolute atomic E-state index is 4.44. The normalized spacial score (nSPS) is 10.9. The van der Waals surface area contributed by atoms with Crippen LogP contribution >= 0.6 is 0 Å². The Morgan fingerprint density at radius 1 is 1.16 bits per heavy atom. The second-order valence-corrected chi connectivity index (χ2v) is 5.31. The highest BCUT2D eigenvalue weighted by Crippen LogP contribution is 2.15. The van der Waals surface area contributed by atoms with Crippen molar-refractivity contribution < 1.29 is 0 Å². The Hall–Kier alpha value is -1.74. The number of rotatable bonds is 5. The molecule has 1 heterocycles. The van der Waals surface area contributed by atoms with Crippen LogP contribution in [-0.4, -0.2) is 16.5 Å². The summed E-state index contributed by atoms with van der Waals surface area (Å²) >= 11 is 0. The summed E-state index contributed by atoms with van der Waals surface area (Å²) in [7, 11) is 0. The molecule has 0 saturated heterocycles. The van der Waals surface area contributed by atoms with Crippen molar-refractivity contribution in [2.75, 3.05) is 6.54 Å². The summed E-state index contributed by atoms with van der Waals surface area (Å²) in [5.74, 6) is 1.45. The van der Waals surface area contributed by atoms with Gasteiger partial charge in [-0.2, -0.15) is 0 Å². The van der Waals surface area contributed by atoms with Crippen molar-refractivity contribution >= 4 is 0 Å². The molecule has 3 nitrogen and oxygen atoms in total. The van der Waals surface area contributed by atoms with Gasteiger partial charge >= 0.3 is 0 Å². The molecule has 19 heavy (non-hydrogen) atoms. The van der Waals surface area contributed by atoms with E-state index in [1.54, 1.807) is 0 Å². The second-order valence-electron chi connectivity index (χ2n) is 5.31. The van der Waals surface area contributed by atoms with E-state index >= 15 is 0 Å². The molecule has 0 spiro atoms. The van der Waals surface area contributed by atoms with Gasteiger partial charge in [-0.25, -0.2) is 9.97 Å². The van der Waals surface area contributed by atoms with Crippen LogP contribution in [0.25, 0.3) is 11.4 Å². The van der Waals surface area contributed by atoms with Crippen LogP contribution in [0, 0.1) is 12.8 Å². The van der Waals surface area contributed by atoms with Crippen molar-refractivity contribution in [2.24, 2.45) is 5.92 Å². The monoisotopic (exact) mass is 255 g/mol. The molecule has 1 aromatic carbocycles. The van der Waals surface area contributed by atoms with Crippen molar-refractivity contribution in [3.8, 4) is 11.4 Å². The predicted molar refractivity (Wildman–Crippen MR) is 78.7 cm³/mol. The van der Waals surface area contributed by atoms with Gasteiger partial charge in [0.15, 0.2) is 5.82 Å². The minimum Gasteiger partial charge on any atom is -0.312 e. The zero-order valence-corrected chi connectivity index (χ0v) is 11.9. The molecular formula is C16H21N3. The lowest BCUT2D eigenvalue weighted by molar-refractivity contribution is 0.551. The number of aryl methyl sites for hydroxylation is 1. The highest BCUT2D eigenvalue weighted by atomic mass is 14.9. The first-order chi connectivity index (χ1) is 9.15. The van der Waals surface area contributed by atoms with Gasteiger partial charge in [-0.15, -0.1) is 0 Å². The highest BCUT2D eigenvalue weighted by molar-refractivity contribution is 5.55. The van der Waals surface area contributed by atoms with Gasteiger partial charge in [-0.3, -0.25) is 0 Å². The number of benzene rings is 1. The zero-order chi connectivity index (χ0) is 13.7. The average Bonchev–Trinajstić information content (AvgIpc) is 2.39. The van der Waals surface area contributed by atoms with E-state index in [1.165, 1.54) is 5.56 Å². The summed E-state index contributed by atoms with van der Waals surface area (Å²) in [5.41, 5.74) is 3.42. The minimum atomic E-state index is 0.660. The summed E-state index contributed by atoms with van der Waals surface area (Å²) in [6.07, 6.45) is 3.80. The summed E-state index contributed by atoms with van der Waals surface area (Å²) in [6.45, 7) is 8.31. The molecule has 1 aromatic heterocycles. The lowest BCUT2D eigenvalue weighted by Gasteiger charge is -2.07. The third kappa shape index (κ3) is 4.14. The average molecular weight is 255 g/mol. The van der Waals surface area contributed by atoms with Gasteiger partial charge in [0.25, 0.3) is 0 Å². The van der Waals surface area contributed by atoms with Crippen LogP contribution in [-0.2, 0) is 6.54 Å². The molecule has 0 fully saturated rings. The first kappa shape index (κ1) is 13.7. The fourth-order valence-corrected chi connectivity index (χ4v) is 1.88. The number of hydrogen-bond acceptors (Lipinski definition) is 3. The van der Waals surface area contributed by atoms with Crippen molar-refractivity contribution in [1.82, 2.24) is 15.3 Å². The SMILES string of the molecule is Cc1cccc(-c2ncc(CNCC(C)C)cn2)c1. The summed E-state index contributed by atoms with van der Waals surface area (Å²) in [5, 5.41) is 3.39. The van der Waals surface area contributed by atoms with E-state index in [9.17, 15) is 0 Å². The Balaban J connectivity index is 2.02. The molecule has 0 aliphatic rings. The molecule has 0 unspecified atom stereocenters. The topological polar surface area (TPSA) is 37.8 Å². The van der Waals surface area contributed by atoms with Crippen molar-refractivity contribution in [2.45, 2.75) is 27.3 Å². The lowest BCUT2D eigenvalue weighted by atomic mass is 10.1. The Morgan fingerprint density at radius 3 is 2.53 bits per heavy atom. The smallest absolute Gasteiger partial charge is 0.159 e. The van der Waals surface area contributed by atoms with Gasteiger partial charge in [0.2, 0.25) is 0 Å². The maximum atomic E-state index is 4.44. The first-order valence-electron chi connectivity index (χ1n) is 6.74. The van der Waals surface area contributed by atoms with E-state index in [2.05, 4.69) is 48.2 Å². The van der Waals surface area contributed by atoms with Crippen molar-refractivity contribution in [3.63, 3.8) is 0 Å². The van der Waals surface area contributed by atoms with E-state index in [1.807, 2.05) is 24.5 Å². The molecule has 0 saturated carbocycles. The van der Waals surface area contributed by atoms with Crippen LogP contribution in [0.2, 0.25) is 0 Å². The Labute approximate surface area is 115 Å². The number of nitrogens with one attached hydrogen (secondary N) is 1. The zero-order valence-electron chi connectivity index (χ0n) is 11.9. The molecule has 2 aromatic rings. The van der Waals surface area contributed by atoms with E-state index < -0.39 is 0 Å². The third-order valence-corrected chi connectivity index (χ3v) is 2.86. The van der Waals surface area contributed by atoms with Crippen LogP contribution in [0.1, 0.15) is 25.0 Å². The summed E-state index contributed by atoms with van der Waals surface area (Å²) in [4.78, 5) is 8.87. The predicted octanol–water partition coefficient (Wildman–Crippen LogP) is 3.20. The van der Waals surface area contributed by atoms with E-state index in [-0.39, 0.29) is 0 Å². The van der Waals surface area contributed by atoms with E-state index in [0.717, 1.165) is 30.0 Å².